The second-order valence-corrected chi connectivity index (χ2v) is 7.06. The SMILES string of the molecule is C[C@H]1CNCCc2sc(C(=O)C(C)(C)C)cc21. The number of rotatable bonds is 1. The predicted octanol–water partition coefficient (Wildman–Crippen LogP) is 3.23. The van der Waals surface area contributed by atoms with Crippen molar-refractivity contribution >= 4 is 17.1 Å². The maximum absolute atomic E-state index is 12.3. The largest absolute Gasteiger partial charge is 0.316 e. The number of hydrogen-bond acceptors (Lipinski definition) is 3. The fraction of sp³-hybridized carbons (Fsp3) is 0.643. The molecule has 94 valence electrons. The van der Waals surface area contributed by atoms with E-state index in [2.05, 4.69) is 18.3 Å². The Morgan fingerprint density at radius 3 is 2.82 bits per heavy atom. The molecule has 0 fully saturated rings. The van der Waals surface area contributed by atoms with Gasteiger partial charge in [-0.1, -0.05) is 27.7 Å². The van der Waals surface area contributed by atoms with Crippen molar-refractivity contribution in [2.24, 2.45) is 5.41 Å². The first-order valence-electron chi connectivity index (χ1n) is 6.27. The maximum Gasteiger partial charge on any atom is 0.178 e. The maximum atomic E-state index is 12.3. The van der Waals surface area contributed by atoms with E-state index in [0.29, 0.717) is 5.92 Å². The van der Waals surface area contributed by atoms with Crippen molar-refractivity contribution in [3.8, 4) is 0 Å². The fourth-order valence-corrected chi connectivity index (χ4v) is 3.60. The molecule has 1 N–H and O–H groups in total. The van der Waals surface area contributed by atoms with Gasteiger partial charge in [-0.25, -0.2) is 0 Å². The van der Waals surface area contributed by atoms with Gasteiger partial charge in [0.1, 0.15) is 0 Å². The van der Waals surface area contributed by atoms with E-state index >= 15 is 0 Å². The first-order valence-corrected chi connectivity index (χ1v) is 7.09. The molecule has 0 spiro atoms. The zero-order chi connectivity index (χ0) is 12.6. The van der Waals surface area contributed by atoms with E-state index in [0.717, 1.165) is 24.4 Å². The predicted molar refractivity (Wildman–Crippen MR) is 73.1 cm³/mol. The summed E-state index contributed by atoms with van der Waals surface area (Å²) in [6, 6.07) is 2.13. The first kappa shape index (κ1) is 12.8. The zero-order valence-corrected chi connectivity index (χ0v) is 11.9. The number of fused-ring (bicyclic) bond motifs is 1. The van der Waals surface area contributed by atoms with Gasteiger partial charge in [-0.2, -0.15) is 0 Å². The van der Waals surface area contributed by atoms with Crippen LogP contribution in [0.2, 0.25) is 0 Å². The van der Waals surface area contributed by atoms with E-state index in [9.17, 15) is 4.79 Å². The van der Waals surface area contributed by atoms with E-state index in [4.69, 9.17) is 0 Å². The summed E-state index contributed by atoms with van der Waals surface area (Å²) in [5.74, 6) is 0.793. The van der Waals surface area contributed by atoms with Crippen molar-refractivity contribution in [3.05, 3.63) is 21.4 Å². The molecule has 0 radical (unpaired) electrons. The minimum Gasteiger partial charge on any atom is -0.316 e. The Morgan fingerprint density at radius 2 is 2.18 bits per heavy atom. The Morgan fingerprint density at radius 1 is 1.47 bits per heavy atom. The van der Waals surface area contributed by atoms with Crippen molar-refractivity contribution < 1.29 is 4.79 Å². The van der Waals surface area contributed by atoms with Crippen LogP contribution >= 0.6 is 11.3 Å². The van der Waals surface area contributed by atoms with Crippen molar-refractivity contribution in [2.75, 3.05) is 13.1 Å². The van der Waals surface area contributed by atoms with E-state index in [1.54, 1.807) is 11.3 Å². The van der Waals surface area contributed by atoms with Crippen molar-refractivity contribution in [1.29, 1.82) is 0 Å². The highest BCUT2D eigenvalue weighted by Crippen LogP contribution is 2.33. The van der Waals surface area contributed by atoms with Crippen LogP contribution in [-0.4, -0.2) is 18.9 Å². The summed E-state index contributed by atoms with van der Waals surface area (Å²) in [6.07, 6.45) is 1.06. The molecule has 2 rings (SSSR count). The quantitative estimate of drug-likeness (QED) is 0.776. The van der Waals surface area contributed by atoms with Crippen LogP contribution in [0.4, 0.5) is 0 Å². The molecule has 1 aliphatic heterocycles. The van der Waals surface area contributed by atoms with Gasteiger partial charge in [0.25, 0.3) is 0 Å². The van der Waals surface area contributed by atoms with Gasteiger partial charge in [0.15, 0.2) is 5.78 Å². The fourth-order valence-electron chi connectivity index (χ4n) is 2.17. The van der Waals surface area contributed by atoms with Gasteiger partial charge in [0.05, 0.1) is 4.88 Å². The lowest BCUT2D eigenvalue weighted by Gasteiger charge is -2.14. The molecular formula is C14H21NOS. The summed E-state index contributed by atoms with van der Waals surface area (Å²) < 4.78 is 0. The van der Waals surface area contributed by atoms with E-state index < -0.39 is 0 Å². The Bertz CT molecular complexity index is 428. The number of Topliss-reactive ketones (excluding diaryl/α,β-unsaturated/α-hetero) is 1. The van der Waals surface area contributed by atoms with Gasteiger partial charge in [-0.3, -0.25) is 4.79 Å². The number of carbonyl (C=O) groups excluding carboxylic acids is 1. The molecule has 1 aromatic rings. The highest BCUT2D eigenvalue weighted by Gasteiger charge is 2.27. The normalized spacial score (nSPS) is 20.8. The molecule has 0 saturated heterocycles. The minimum absolute atomic E-state index is 0.273. The molecule has 2 heterocycles. The van der Waals surface area contributed by atoms with E-state index in [1.807, 2.05) is 20.8 Å². The molecule has 0 amide bonds. The number of ketones is 1. The van der Waals surface area contributed by atoms with Crippen LogP contribution in [0.1, 0.15) is 53.7 Å². The number of hydrogen-bond donors (Lipinski definition) is 1. The average molecular weight is 251 g/mol. The lowest BCUT2D eigenvalue weighted by atomic mass is 9.89. The molecule has 2 nitrogen and oxygen atoms in total. The molecule has 1 atom stereocenters. The molecule has 0 bridgehead atoms. The van der Waals surface area contributed by atoms with E-state index in [1.165, 1.54) is 10.4 Å². The molecule has 0 aromatic carbocycles. The minimum atomic E-state index is -0.273. The highest BCUT2D eigenvalue weighted by molar-refractivity contribution is 7.14. The Labute approximate surface area is 107 Å². The second-order valence-electron chi connectivity index (χ2n) is 5.92. The van der Waals surface area contributed by atoms with Gasteiger partial charge in [-0.15, -0.1) is 11.3 Å². The van der Waals surface area contributed by atoms with Crippen molar-refractivity contribution in [3.63, 3.8) is 0 Å². The Kier molecular flexibility index (Phi) is 3.41. The van der Waals surface area contributed by atoms with Crippen LogP contribution in [-0.2, 0) is 6.42 Å². The van der Waals surface area contributed by atoms with E-state index in [-0.39, 0.29) is 11.2 Å². The van der Waals surface area contributed by atoms with Gasteiger partial charge in [0.2, 0.25) is 0 Å². The lowest BCUT2D eigenvalue weighted by Crippen LogP contribution is -2.20. The summed E-state index contributed by atoms with van der Waals surface area (Å²) in [5.41, 5.74) is 1.11. The molecular weight excluding hydrogens is 230 g/mol. The Hall–Kier alpha value is -0.670. The molecule has 3 heteroatoms. The van der Waals surface area contributed by atoms with Crippen LogP contribution in [0.15, 0.2) is 6.07 Å². The van der Waals surface area contributed by atoms with Crippen LogP contribution in [0.25, 0.3) is 0 Å². The molecule has 0 unspecified atom stereocenters. The Balaban J connectivity index is 2.34. The second kappa shape index (κ2) is 4.54. The van der Waals surface area contributed by atoms with Crippen molar-refractivity contribution in [1.82, 2.24) is 5.32 Å². The van der Waals surface area contributed by atoms with Gasteiger partial charge < -0.3 is 5.32 Å². The molecule has 0 aliphatic carbocycles. The van der Waals surface area contributed by atoms with Gasteiger partial charge >= 0.3 is 0 Å². The van der Waals surface area contributed by atoms with Crippen LogP contribution in [0.3, 0.4) is 0 Å². The van der Waals surface area contributed by atoms with Crippen LogP contribution in [0, 0.1) is 5.41 Å². The monoisotopic (exact) mass is 251 g/mol. The third-order valence-corrected chi connectivity index (χ3v) is 4.47. The van der Waals surface area contributed by atoms with Gasteiger partial charge in [-0.05, 0) is 30.5 Å². The van der Waals surface area contributed by atoms with Gasteiger partial charge in [0, 0.05) is 16.8 Å². The number of thiophene rings is 1. The van der Waals surface area contributed by atoms with Crippen LogP contribution < -0.4 is 5.32 Å². The number of nitrogens with one attached hydrogen (secondary N) is 1. The topological polar surface area (TPSA) is 29.1 Å². The molecule has 17 heavy (non-hydrogen) atoms. The third kappa shape index (κ3) is 2.61. The lowest BCUT2D eigenvalue weighted by molar-refractivity contribution is 0.0862. The third-order valence-electron chi connectivity index (χ3n) is 3.26. The summed E-state index contributed by atoms with van der Waals surface area (Å²) in [6.45, 7) is 10.3. The molecule has 1 aromatic heterocycles. The standard InChI is InChI=1S/C14H21NOS/c1-9-8-15-6-5-11-10(9)7-12(17-11)13(16)14(2,3)4/h7,9,15H,5-6,8H2,1-4H3/t9-/m0/s1. The first-order chi connectivity index (χ1) is 7.89. The average Bonchev–Trinajstić information content (AvgIpc) is 2.58. The summed E-state index contributed by atoms with van der Waals surface area (Å²) >= 11 is 1.70. The van der Waals surface area contributed by atoms with Crippen LogP contribution in [0.5, 0.6) is 0 Å². The highest BCUT2D eigenvalue weighted by atomic mass is 32.1. The molecule has 0 saturated carbocycles. The summed E-state index contributed by atoms with van der Waals surface area (Å²) in [7, 11) is 0. The summed E-state index contributed by atoms with van der Waals surface area (Å²) in [4.78, 5) is 14.6. The molecule has 1 aliphatic rings. The van der Waals surface area contributed by atoms with Crippen molar-refractivity contribution in [2.45, 2.75) is 40.0 Å². The number of carbonyl (C=O) groups is 1. The summed E-state index contributed by atoms with van der Waals surface area (Å²) in [5, 5.41) is 3.43. The smallest absolute Gasteiger partial charge is 0.178 e. The zero-order valence-electron chi connectivity index (χ0n) is 11.1.